The summed E-state index contributed by atoms with van der Waals surface area (Å²) in [5.41, 5.74) is 8.26. The maximum absolute atomic E-state index is 6.08. The lowest BCUT2D eigenvalue weighted by Crippen LogP contribution is -2.08. The molecule has 0 bridgehead atoms. The highest BCUT2D eigenvalue weighted by Crippen LogP contribution is 2.28. The van der Waals surface area contributed by atoms with Gasteiger partial charge in [-0.1, -0.05) is 6.08 Å². The van der Waals surface area contributed by atoms with E-state index in [1.165, 1.54) is 0 Å². The first kappa shape index (κ1) is 10.8. The second-order valence-corrected chi connectivity index (χ2v) is 3.79. The van der Waals surface area contributed by atoms with Crippen LogP contribution in [-0.4, -0.2) is 12.1 Å². The Labute approximate surface area is 94.9 Å². The smallest absolute Gasteiger partial charge is 0.119 e. The Hall–Kier alpha value is -1.74. The minimum absolute atomic E-state index is 0.0154. The van der Waals surface area contributed by atoms with Gasteiger partial charge >= 0.3 is 0 Å². The molecule has 16 heavy (non-hydrogen) atoms. The molecule has 1 aromatic heterocycles. The monoisotopic (exact) mass is 216 g/mol. The van der Waals surface area contributed by atoms with Crippen molar-refractivity contribution in [3.05, 3.63) is 42.6 Å². The van der Waals surface area contributed by atoms with Crippen LogP contribution in [0.1, 0.15) is 18.0 Å². The minimum Gasteiger partial charge on any atom is -0.497 e. The van der Waals surface area contributed by atoms with E-state index in [1.807, 2.05) is 30.5 Å². The molecule has 1 aromatic carbocycles. The summed E-state index contributed by atoms with van der Waals surface area (Å²) < 4.78 is 5.21. The molecule has 0 fully saturated rings. The first-order valence-electron chi connectivity index (χ1n) is 5.27. The van der Waals surface area contributed by atoms with Crippen molar-refractivity contribution in [2.24, 2.45) is 5.73 Å². The Morgan fingerprint density at radius 1 is 1.56 bits per heavy atom. The number of fused-ring (bicyclic) bond motifs is 1. The second-order valence-electron chi connectivity index (χ2n) is 3.79. The van der Waals surface area contributed by atoms with Gasteiger partial charge in [-0.25, -0.2) is 0 Å². The van der Waals surface area contributed by atoms with Crippen LogP contribution in [0.2, 0.25) is 0 Å². The van der Waals surface area contributed by atoms with E-state index in [0.29, 0.717) is 0 Å². The SMILES string of the molecule is C=CC[C@@H](N)c1c[nH]c2ccc(OC)cc12. The van der Waals surface area contributed by atoms with E-state index in [2.05, 4.69) is 11.6 Å². The predicted molar refractivity (Wildman–Crippen MR) is 66.6 cm³/mol. The van der Waals surface area contributed by atoms with E-state index < -0.39 is 0 Å². The van der Waals surface area contributed by atoms with Gasteiger partial charge in [0.25, 0.3) is 0 Å². The van der Waals surface area contributed by atoms with E-state index in [1.54, 1.807) is 7.11 Å². The summed E-state index contributed by atoms with van der Waals surface area (Å²) in [6, 6.07) is 5.92. The van der Waals surface area contributed by atoms with Crippen LogP contribution in [0, 0.1) is 0 Å². The highest BCUT2D eigenvalue weighted by atomic mass is 16.5. The van der Waals surface area contributed by atoms with Crippen molar-refractivity contribution in [1.82, 2.24) is 4.98 Å². The van der Waals surface area contributed by atoms with Gasteiger partial charge in [-0.3, -0.25) is 0 Å². The van der Waals surface area contributed by atoms with Crippen LogP contribution in [0.3, 0.4) is 0 Å². The van der Waals surface area contributed by atoms with Gasteiger partial charge in [0, 0.05) is 23.1 Å². The Kier molecular flexibility index (Phi) is 2.97. The average Bonchev–Trinajstić information content (AvgIpc) is 2.71. The molecule has 2 rings (SSSR count). The number of nitrogens with two attached hydrogens (primary N) is 1. The van der Waals surface area contributed by atoms with E-state index in [4.69, 9.17) is 10.5 Å². The summed E-state index contributed by atoms with van der Waals surface area (Å²) in [4.78, 5) is 3.21. The molecule has 0 saturated heterocycles. The van der Waals surface area contributed by atoms with Crippen LogP contribution in [0.5, 0.6) is 5.75 Å². The minimum atomic E-state index is -0.0154. The van der Waals surface area contributed by atoms with E-state index in [9.17, 15) is 0 Å². The highest BCUT2D eigenvalue weighted by molar-refractivity contribution is 5.85. The molecule has 3 heteroatoms. The molecule has 1 atom stereocenters. The zero-order valence-corrected chi connectivity index (χ0v) is 9.36. The molecule has 3 N–H and O–H groups in total. The standard InChI is InChI=1S/C13H16N2O/c1-3-4-12(14)11-8-15-13-6-5-9(16-2)7-10(11)13/h3,5-8,12,15H,1,4,14H2,2H3/t12-/m1/s1. The lowest BCUT2D eigenvalue weighted by Gasteiger charge is -2.08. The molecule has 2 aromatic rings. The van der Waals surface area contributed by atoms with Gasteiger partial charge in [-0.2, -0.15) is 0 Å². The van der Waals surface area contributed by atoms with Gasteiger partial charge in [0.05, 0.1) is 7.11 Å². The number of hydrogen-bond acceptors (Lipinski definition) is 2. The molecule has 0 unspecified atom stereocenters. The third-order valence-corrected chi connectivity index (χ3v) is 2.74. The van der Waals surface area contributed by atoms with Crippen LogP contribution in [0.4, 0.5) is 0 Å². The summed E-state index contributed by atoms with van der Waals surface area (Å²) in [5, 5.41) is 1.12. The number of hydrogen-bond donors (Lipinski definition) is 2. The van der Waals surface area contributed by atoms with Crippen molar-refractivity contribution in [2.45, 2.75) is 12.5 Å². The Balaban J connectivity index is 2.49. The van der Waals surface area contributed by atoms with Crippen LogP contribution >= 0.6 is 0 Å². The lowest BCUT2D eigenvalue weighted by molar-refractivity contribution is 0.415. The molecule has 0 radical (unpaired) electrons. The van der Waals surface area contributed by atoms with Gasteiger partial charge in [-0.05, 0) is 30.2 Å². The van der Waals surface area contributed by atoms with Crippen LogP contribution in [-0.2, 0) is 0 Å². The average molecular weight is 216 g/mol. The molecule has 0 aliphatic rings. The molecular formula is C13H16N2O. The van der Waals surface area contributed by atoms with Gasteiger partial charge in [0.2, 0.25) is 0 Å². The van der Waals surface area contributed by atoms with Gasteiger partial charge in [0.1, 0.15) is 5.75 Å². The number of aromatic nitrogens is 1. The summed E-state index contributed by atoms with van der Waals surface area (Å²) >= 11 is 0. The molecule has 84 valence electrons. The fourth-order valence-corrected chi connectivity index (χ4v) is 1.86. The van der Waals surface area contributed by atoms with Crippen molar-refractivity contribution in [1.29, 1.82) is 0 Å². The normalized spacial score (nSPS) is 12.6. The summed E-state index contributed by atoms with van der Waals surface area (Å²) in [5.74, 6) is 0.846. The fraction of sp³-hybridized carbons (Fsp3) is 0.231. The number of methoxy groups -OCH3 is 1. The summed E-state index contributed by atoms with van der Waals surface area (Å²) in [6.45, 7) is 3.71. The number of aromatic amines is 1. The zero-order chi connectivity index (χ0) is 11.5. The lowest BCUT2D eigenvalue weighted by atomic mass is 10.0. The Morgan fingerprint density at radius 2 is 2.38 bits per heavy atom. The molecule has 0 aliphatic carbocycles. The molecular weight excluding hydrogens is 200 g/mol. The Morgan fingerprint density at radius 3 is 3.06 bits per heavy atom. The van der Waals surface area contributed by atoms with E-state index >= 15 is 0 Å². The topological polar surface area (TPSA) is 51.0 Å². The third kappa shape index (κ3) is 1.82. The van der Waals surface area contributed by atoms with Crippen molar-refractivity contribution in [3.63, 3.8) is 0 Å². The number of ether oxygens (including phenoxy) is 1. The van der Waals surface area contributed by atoms with Crippen molar-refractivity contribution < 1.29 is 4.74 Å². The third-order valence-electron chi connectivity index (χ3n) is 2.74. The van der Waals surface area contributed by atoms with Gasteiger partial charge in [-0.15, -0.1) is 6.58 Å². The number of H-pyrrole nitrogens is 1. The van der Waals surface area contributed by atoms with Gasteiger partial charge in [0.15, 0.2) is 0 Å². The Bertz CT molecular complexity index is 502. The van der Waals surface area contributed by atoms with Crippen molar-refractivity contribution in [3.8, 4) is 5.75 Å². The summed E-state index contributed by atoms with van der Waals surface area (Å²) in [6.07, 6.45) is 4.56. The molecule has 0 saturated carbocycles. The number of benzene rings is 1. The highest BCUT2D eigenvalue weighted by Gasteiger charge is 2.10. The largest absolute Gasteiger partial charge is 0.497 e. The quantitative estimate of drug-likeness (QED) is 0.772. The number of nitrogens with one attached hydrogen (secondary N) is 1. The fourth-order valence-electron chi connectivity index (χ4n) is 1.86. The molecule has 0 spiro atoms. The zero-order valence-electron chi connectivity index (χ0n) is 9.36. The molecule has 0 aliphatic heterocycles. The predicted octanol–water partition coefficient (Wildman–Crippen LogP) is 2.75. The maximum atomic E-state index is 6.08. The number of rotatable bonds is 4. The summed E-state index contributed by atoms with van der Waals surface area (Å²) in [7, 11) is 1.66. The van der Waals surface area contributed by atoms with E-state index in [0.717, 1.165) is 28.6 Å². The first-order chi connectivity index (χ1) is 7.76. The molecule has 3 nitrogen and oxygen atoms in total. The van der Waals surface area contributed by atoms with Crippen molar-refractivity contribution in [2.75, 3.05) is 7.11 Å². The second kappa shape index (κ2) is 4.41. The van der Waals surface area contributed by atoms with E-state index in [-0.39, 0.29) is 6.04 Å². The van der Waals surface area contributed by atoms with Crippen LogP contribution < -0.4 is 10.5 Å². The first-order valence-corrected chi connectivity index (χ1v) is 5.27. The van der Waals surface area contributed by atoms with Gasteiger partial charge < -0.3 is 15.5 Å². The van der Waals surface area contributed by atoms with Crippen LogP contribution in [0.25, 0.3) is 10.9 Å². The van der Waals surface area contributed by atoms with Crippen molar-refractivity contribution >= 4 is 10.9 Å². The van der Waals surface area contributed by atoms with Crippen LogP contribution in [0.15, 0.2) is 37.1 Å². The molecule has 1 heterocycles. The molecule has 0 amide bonds. The maximum Gasteiger partial charge on any atom is 0.119 e.